The Kier molecular flexibility index (Phi) is 2.67. The Bertz CT molecular complexity index is 519. The second-order valence-electron chi connectivity index (χ2n) is 5.03. The van der Waals surface area contributed by atoms with Crippen molar-refractivity contribution in [1.29, 1.82) is 0 Å². The van der Waals surface area contributed by atoms with E-state index in [2.05, 4.69) is 5.32 Å². The van der Waals surface area contributed by atoms with Crippen LogP contribution in [0.3, 0.4) is 0 Å². The number of benzene rings is 1. The minimum atomic E-state index is -0.135. The summed E-state index contributed by atoms with van der Waals surface area (Å²) in [5.41, 5.74) is 2.13. The number of amides is 2. The standard InChI is InChI=1S/C14H16N2O2/c1-9-4-5-11-12(7-9)14(18)16(13(11)17)10-3-2-6-15-8-10/h4-5,7,10,15H,2-3,6,8H2,1H3. The fourth-order valence-corrected chi connectivity index (χ4v) is 2.76. The summed E-state index contributed by atoms with van der Waals surface area (Å²) in [5, 5.41) is 3.24. The molecule has 0 aliphatic carbocycles. The summed E-state index contributed by atoms with van der Waals surface area (Å²) in [4.78, 5) is 26.1. The van der Waals surface area contributed by atoms with Crippen molar-refractivity contribution in [3.8, 4) is 0 Å². The number of carbonyl (C=O) groups is 2. The van der Waals surface area contributed by atoms with Crippen molar-refractivity contribution in [2.75, 3.05) is 13.1 Å². The van der Waals surface area contributed by atoms with Crippen LogP contribution < -0.4 is 5.32 Å². The zero-order chi connectivity index (χ0) is 12.7. The normalized spacial score (nSPS) is 23.4. The fourth-order valence-electron chi connectivity index (χ4n) is 2.76. The van der Waals surface area contributed by atoms with Crippen LogP contribution in [0.15, 0.2) is 18.2 Å². The Morgan fingerprint density at radius 1 is 1.22 bits per heavy atom. The zero-order valence-corrected chi connectivity index (χ0v) is 10.4. The van der Waals surface area contributed by atoms with E-state index >= 15 is 0 Å². The van der Waals surface area contributed by atoms with Gasteiger partial charge in [0.25, 0.3) is 11.8 Å². The van der Waals surface area contributed by atoms with Gasteiger partial charge in [-0.3, -0.25) is 14.5 Å². The largest absolute Gasteiger partial charge is 0.315 e. The molecule has 1 atom stereocenters. The van der Waals surface area contributed by atoms with Gasteiger partial charge in [0.2, 0.25) is 0 Å². The number of rotatable bonds is 1. The number of aryl methyl sites for hydroxylation is 1. The predicted octanol–water partition coefficient (Wildman–Crippen LogP) is 1.34. The van der Waals surface area contributed by atoms with Gasteiger partial charge in [-0.05, 0) is 38.4 Å². The van der Waals surface area contributed by atoms with E-state index in [1.807, 2.05) is 19.1 Å². The molecule has 1 saturated heterocycles. The van der Waals surface area contributed by atoms with E-state index in [1.54, 1.807) is 6.07 Å². The van der Waals surface area contributed by atoms with Gasteiger partial charge in [0.05, 0.1) is 17.2 Å². The summed E-state index contributed by atoms with van der Waals surface area (Å²) >= 11 is 0. The number of hydrogen-bond acceptors (Lipinski definition) is 3. The van der Waals surface area contributed by atoms with Gasteiger partial charge in [0.1, 0.15) is 0 Å². The van der Waals surface area contributed by atoms with Crippen LogP contribution in [0.4, 0.5) is 0 Å². The Morgan fingerprint density at radius 2 is 2.00 bits per heavy atom. The maximum absolute atomic E-state index is 12.3. The number of carbonyl (C=O) groups excluding carboxylic acids is 2. The van der Waals surface area contributed by atoms with Crippen molar-refractivity contribution in [2.24, 2.45) is 0 Å². The lowest BCUT2D eigenvalue weighted by molar-refractivity contribution is 0.0561. The molecule has 2 aliphatic rings. The second-order valence-corrected chi connectivity index (χ2v) is 5.03. The van der Waals surface area contributed by atoms with Crippen molar-refractivity contribution in [3.05, 3.63) is 34.9 Å². The van der Waals surface area contributed by atoms with Crippen LogP contribution in [0.25, 0.3) is 0 Å². The molecule has 1 fully saturated rings. The Morgan fingerprint density at radius 3 is 2.72 bits per heavy atom. The van der Waals surface area contributed by atoms with Crippen molar-refractivity contribution in [2.45, 2.75) is 25.8 Å². The molecule has 0 spiro atoms. The molecule has 0 aromatic heterocycles. The molecule has 0 saturated carbocycles. The highest BCUT2D eigenvalue weighted by molar-refractivity contribution is 6.21. The molecule has 0 radical (unpaired) electrons. The van der Waals surface area contributed by atoms with Gasteiger partial charge in [-0.2, -0.15) is 0 Å². The maximum Gasteiger partial charge on any atom is 0.261 e. The Balaban J connectivity index is 1.96. The average Bonchev–Trinajstić information content (AvgIpc) is 2.63. The van der Waals surface area contributed by atoms with Crippen LogP contribution in [0.1, 0.15) is 39.1 Å². The third kappa shape index (κ3) is 1.64. The van der Waals surface area contributed by atoms with E-state index < -0.39 is 0 Å². The molecular weight excluding hydrogens is 228 g/mol. The number of imide groups is 1. The lowest BCUT2D eigenvalue weighted by Gasteiger charge is -2.29. The topological polar surface area (TPSA) is 49.4 Å². The van der Waals surface area contributed by atoms with Gasteiger partial charge >= 0.3 is 0 Å². The van der Waals surface area contributed by atoms with E-state index in [0.717, 1.165) is 24.9 Å². The summed E-state index contributed by atoms with van der Waals surface area (Å²) < 4.78 is 0. The van der Waals surface area contributed by atoms with E-state index in [1.165, 1.54) is 4.90 Å². The minimum absolute atomic E-state index is 0.00598. The lowest BCUT2D eigenvalue weighted by atomic mass is 10.1. The van der Waals surface area contributed by atoms with Crippen molar-refractivity contribution in [1.82, 2.24) is 10.2 Å². The summed E-state index contributed by atoms with van der Waals surface area (Å²) in [6.07, 6.45) is 1.91. The Labute approximate surface area is 106 Å². The molecule has 1 N–H and O–H groups in total. The van der Waals surface area contributed by atoms with Crippen LogP contribution >= 0.6 is 0 Å². The third-order valence-corrected chi connectivity index (χ3v) is 3.71. The van der Waals surface area contributed by atoms with Crippen LogP contribution in [-0.2, 0) is 0 Å². The number of nitrogens with zero attached hydrogens (tertiary/aromatic N) is 1. The summed E-state index contributed by atoms with van der Waals surface area (Å²) in [6.45, 7) is 3.62. The summed E-state index contributed by atoms with van der Waals surface area (Å²) in [7, 11) is 0. The van der Waals surface area contributed by atoms with Crippen LogP contribution in [0.5, 0.6) is 0 Å². The Hall–Kier alpha value is -1.68. The molecule has 1 aromatic carbocycles. The van der Waals surface area contributed by atoms with Crippen LogP contribution in [-0.4, -0.2) is 35.8 Å². The van der Waals surface area contributed by atoms with Gasteiger partial charge in [-0.15, -0.1) is 0 Å². The van der Waals surface area contributed by atoms with E-state index in [4.69, 9.17) is 0 Å². The first-order chi connectivity index (χ1) is 8.68. The highest BCUT2D eigenvalue weighted by Crippen LogP contribution is 2.27. The number of hydrogen-bond donors (Lipinski definition) is 1. The second kappa shape index (κ2) is 4.21. The van der Waals surface area contributed by atoms with Gasteiger partial charge in [-0.25, -0.2) is 0 Å². The van der Waals surface area contributed by atoms with Crippen LogP contribution in [0, 0.1) is 6.92 Å². The molecule has 94 valence electrons. The molecule has 1 unspecified atom stereocenters. The summed E-state index contributed by atoms with van der Waals surface area (Å²) in [5.74, 6) is -0.267. The monoisotopic (exact) mass is 244 g/mol. The molecule has 2 amide bonds. The van der Waals surface area contributed by atoms with Crippen LogP contribution in [0.2, 0.25) is 0 Å². The van der Waals surface area contributed by atoms with Gasteiger partial charge in [-0.1, -0.05) is 11.6 Å². The third-order valence-electron chi connectivity index (χ3n) is 3.71. The number of piperidine rings is 1. The maximum atomic E-state index is 12.3. The highest BCUT2D eigenvalue weighted by Gasteiger charge is 2.40. The van der Waals surface area contributed by atoms with Crippen molar-refractivity contribution >= 4 is 11.8 Å². The predicted molar refractivity (Wildman–Crippen MR) is 67.6 cm³/mol. The molecule has 4 heteroatoms. The number of fused-ring (bicyclic) bond motifs is 1. The van der Waals surface area contributed by atoms with E-state index in [-0.39, 0.29) is 17.9 Å². The van der Waals surface area contributed by atoms with E-state index in [9.17, 15) is 9.59 Å². The molecule has 2 heterocycles. The van der Waals surface area contributed by atoms with Gasteiger partial charge in [0.15, 0.2) is 0 Å². The zero-order valence-electron chi connectivity index (χ0n) is 10.4. The van der Waals surface area contributed by atoms with Crippen molar-refractivity contribution < 1.29 is 9.59 Å². The van der Waals surface area contributed by atoms with Gasteiger partial charge in [0, 0.05) is 6.54 Å². The minimum Gasteiger partial charge on any atom is -0.315 e. The smallest absolute Gasteiger partial charge is 0.261 e. The first-order valence-electron chi connectivity index (χ1n) is 6.38. The summed E-state index contributed by atoms with van der Waals surface area (Å²) in [6, 6.07) is 5.46. The first-order valence-corrected chi connectivity index (χ1v) is 6.38. The lowest BCUT2D eigenvalue weighted by Crippen LogP contribution is -2.48. The SMILES string of the molecule is Cc1ccc2c(c1)C(=O)N(C1CCCNC1)C2=O. The fraction of sp³-hybridized carbons (Fsp3) is 0.429. The first kappa shape index (κ1) is 11.4. The van der Waals surface area contributed by atoms with Crippen molar-refractivity contribution in [3.63, 3.8) is 0 Å². The molecule has 1 aromatic rings. The molecule has 18 heavy (non-hydrogen) atoms. The molecule has 4 nitrogen and oxygen atoms in total. The average molecular weight is 244 g/mol. The number of nitrogens with one attached hydrogen (secondary N) is 1. The van der Waals surface area contributed by atoms with Gasteiger partial charge < -0.3 is 5.32 Å². The quantitative estimate of drug-likeness (QED) is 0.758. The molecule has 0 bridgehead atoms. The molecule has 2 aliphatic heterocycles. The molecule has 3 rings (SSSR count). The highest BCUT2D eigenvalue weighted by atomic mass is 16.2. The van der Waals surface area contributed by atoms with E-state index in [0.29, 0.717) is 17.7 Å². The molecular formula is C14H16N2O2.